The van der Waals surface area contributed by atoms with Crippen molar-refractivity contribution in [3.05, 3.63) is 59.5 Å². The molecule has 0 radical (unpaired) electrons. The van der Waals surface area contributed by atoms with E-state index in [0.717, 1.165) is 18.7 Å². The number of aryl methyl sites for hydroxylation is 1. The van der Waals surface area contributed by atoms with E-state index in [0.29, 0.717) is 0 Å². The van der Waals surface area contributed by atoms with E-state index in [-0.39, 0.29) is 6.04 Å². The monoisotopic (exact) mass is 271 g/mol. The highest BCUT2D eigenvalue weighted by Crippen LogP contribution is 2.23. The Morgan fingerprint density at radius 3 is 2.45 bits per heavy atom. The summed E-state index contributed by atoms with van der Waals surface area (Å²) in [5.41, 5.74) is 2.69. The van der Waals surface area contributed by atoms with Gasteiger partial charge in [0.25, 0.3) is 0 Å². The first-order valence-corrected chi connectivity index (χ1v) is 7.70. The molecule has 1 aromatic carbocycles. The second-order valence-corrected chi connectivity index (χ2v) is 5.25. The van der Waals surface area contributed by atoms with Crippen LogP contribution < -0.4 is 5.32 Å². The van der Waals surface area contributed by atoms with Crippen LogP contribution in [0.3, 0.4) is 0 Å². The van der Waals surface area contributed by atoms with E-state index in [1.165, 1.54) is 30.4 Å². The van der Waals surface area contributed by atoms with Gasteiger partial charge in [0.2, 0.25) is 0 Å². The Bertz CT molecular complexity index is 473. The normalized spacial score (nSPS) is 12.5. The molecule has 0 aliphatic carbocycles. The lowest BCUT2D eigenvalue weighted by Crippen LogP contribution is -2.22. The van der Waals surface area contributed by atoms with E-state index in [4.69, 9.17) is 4.42 Å². The molecule has 0 saturated carbocycles. The Hall–Kier alpha value is -1.54. The van der Waals surface area contributed by atoms with Gasteiger partial charge in [-0.3, -0.25) is 0 Å². The highest BCUT2D eigenvalue weighted by molar-refractivity contribution is 5.30. The Morgan fingerprint density at radius 2 is 1.85 bits per heavy atom. The van der Waals surface area contributed by atoms with Crippen molar-refractivity contribution in [1.82, 2.24) is 5.32 Å². The molecular weight excluding hydrogens is 246 g/mol. The average molecular weight is 271 g/mol. The van der Waals surface area contributed by atoms with Crippen molar-refractivity contribution in [1.29, 1.82) is 0 Å². The van der Waals surface area contributed by atoms with Gasteiger partial charge in [-0.1, -0.05) is 44.5 Å². The predicted molar refractivity (Wildman–Crippen MR) is 83.9 cm³/mol. The fourth-order valence-corrected chi connectivity index (χ4v) is 2.38. The number of nitrogens with one attached hydrogen (secondary N) is 1. The van der Waals surface area contributed by atoms with Crippen LogP contribution in [0.2, 0.25) is 0 Å². The van der Waals surface area contributed by atoms with E-state index in [1.807, 2.05) is 12.1 Å². The fourth-order valence-electron chi connectivity index (χ4n) is 2.38. The van der Waals surface area contributed by atoms with Crippen molar-refractivity contribution in [2.45, 2.75) is 45.6 Å². The highest BCUT2D eigenvalue weighted by atomic mass is 16.3. The van der Waals surface area contributed by atoms with Gasteiger partial charge in [-0.2, -0.15) is 0 Å². The van der Waals surface area contributed by atoms with Crippen molar-refractivity contribution in [3.8, 4) is 0 Å². The molecule has 108 valence electrons. The molecule has 0 aliphatic heterocycles. The van der Waals surface area contributed by atoms with Crippen LogP contribution in [0.5, 0.6) is 0 Å². The molecule has 0 fully saturated rings. The summed E-state index contributed by atoms with van der Waals surface area (Å²) in [6.45, 7) is 5.40. The van der Waals surface area contributed by atoms with Crippen molar-refractivity contribution in [2.75, 3.05) is 6.54 Å². The Morgan fingerprint density at radius 1 is 1.05 bits per heavy atom. The molecule has 1 aromatic heterocycles. The van der Waals surface area contributed by atoms with Crippen LogP contribution in [-0.4, -0.2) is 6.54 Å². The molecule has 2 nitrogen and oxygen atoms in total. The number of hydrogen-bond acceptors (Lipinski definition) is 2. The summed E-state index contributed by atoms with van der Waals surface area (Å²) in [5.74, 6) is 0.986. The third kappa shape index (κ3) is 3.97. The van der Waals surface area contributed by atoms with Gasteiger partial charge in [-0.25, -0.2) is 0 Å². The maximum absolute atomic E-state index is 5.58. The summed E-state index contributed by atoms with van der Waals surface area (Å²) in [5, 5.41) is 3.56. The van der Waals surface area contributed by atoms with Gasteiger partial charge in [0.15, 0.2) is 0 Å². The fraction of sp³-hybridized carbons (Fsp3) is 0.444. The maximum Gasteiger partial charge on any atom is 0.125 e. The molecule has 2 heteroatoms. The molecule has 1 unspecified atom stereocenters. The van der Waals surface area contributed by atoms with E-state index in [9.17, 15) is 0 Å². The van der Waals surface area contributed by atoms with Gasteiger partial charge >= 0.3 is 0 Å². The van der Waals surface area contributed by atoms with Crippen LogP contribution >= 0.6 is 0 Å². The number of unbranched alkanes of at least 4 members (excludes halogenated alkanes) is 1. The minimum Gasteiger partial charge on any atom is -0.467 e. The van der Waals surface area contributed by atoms with Gasteiger partial charge in [0, 0.05) is 0 Å². The summed E-state index contributed by atoms with van der Waals surface area (Å²) in [6, 6.07) is 13.1. The molecule has 1 N–H and O–H groups in total. The summed E-state index contributed by atoms with van der Waals surface area (Å²) >= 11 is 0. The highest BCUT2D eigenvalue weighted by Gasteiger charge is 2.15. The first-order chi connectivity index (χ1) is 9.85. The van der Waals surface area contributed by atoms with E-state index < -0.39 is 0 Å². The van der Waals surface area contributed by atoms with Crippen molar-refractivity contribution < 1.29 is 4.42 Å². The van der Waals surface area contributed by atoms with Gasteiger partial charge in [0.1, 0.15) is 5.76 Å². The molecule has 1 heterocycles. The molecule has 2 aromatic rings. The third-order valence-electron chi connectivity index (χ3n) is 3.56. The summed E-state index contributed by atoms with van der Waals surface area (Å²) in [6.07, 6.45) is 6.53. The molecule has 2 rings (SSSR count). The minimum atomic E-state index is 0.158. The Balaban J connectivity index is 2.12. The Kier molecular flexibility index (Phi) is 5.87. The van der Waals surface area contributed by atoms with Gasteiger partial charge in [-0.05, 0) is 49.1 Å². The van der Waals surface area contributed by atoms with Crippen molar-refractivity contribution in [2.24, 2.45) is 0 Å². The average Bonchev–Trinajstić information content (AvgIpc) is 3.01. The van der Waals surface area contributed by atoms with Gasteiger partial charge in [-0.15, -0.1) is 0 Å². The third-order valence-corrected chi connectivity index (χ3v) is 3.56. The number of rotatable bonds is 8. The SMILES string of the molecule is CCCCc1ccc(C(NCCC)c2ccco2)cc1. The lowest BCUT2D eigenvalue weighted by atomic mass is 10.0. The lowest BCUT2D eigenvalue weighted by Gasteiger charge is -2.17. The van der Waals surface area contributed by atoms with Crippen molar-refractivity contribution >= 4 is 0 Å². The molecule has 0 amide bonds. The van der Waals surface area contributed by atoms with E-state index >= 15 is 0 Å². The molecule has 0 spiro atoms. The van der Waals surface area contributed by atoms with E-state index in [1.54, 1.807) is 6.26 Å². The largest absolute Gasteiger partial charge is 0.467 e. The van der Waals surface area contributed by atoms with Crippen molar-refractivity contribution in [3.63, 3.8) is 0 Å². The first kappa shape index (κ1) is 14.9. The molecule has 20 heavy (non-hydrogen) atoms. The van der Waals surface area contributed by atoms with E-state index in [2.05, 4.69) is 43.4 Å². The summed E-state index contributed by atoms with van der Waals surface area (Å²) < 4.78 is 5.58. The lowest BCUT2D eigenvalue weighted by molar-refractivity contribution is 0.446. The quantitative estimate of drug-likeness (QED) is 0.752. The van der Waals surface area contributed by atoms with Crippen LogP contribution in [0.15, 0.2) is 47.1 Å². The zero-order chi connectivity index (χ0) is 14.2. The second-order valence-electron chi connectivity index (χ2n) is 5.25. The molecular formula is C18H25NO. The number of benzene rings is 1. The first-order valence-electron chi connectivity index (χ1n) is 7.70. The molecule has 0 aliphatic rings. The minimum absolute atomic E-state index is 0.158. The van der Waals surface area contributed by atoms with Crippen LogP contribution in [0.1, 0.15) is 56.0 Å². The molecule has 0 saturated heterocycles. The number of furan rings is 1. The van der Waals surface area contributed by atoms with Gasteiger partial charge < -0.3 is 9.73 Å². The molecule has 1 atom stereocenters. The van der Waals surface area contributed by atoms with Crippen LogP contribution in [0.25, 0.3) is 0 Å². The maximum atomic E-state index is 5.58. The zero-order valence-corrected chi connectivity index (χ0v) is 12.6. The van der Waals surface area contributed by atoms with Crippen LogP contribution in [-0.2, 0) is 6.42 Å². The van der Waals surface area contributed by atoms with Gasteiger partial charge in [0.05, 0.1) is 12.3 Å². The topological polar surface area (TPSA) is 25.2 Å². The number of hydrogen-bond donors (Lipinski definition) is 1. The summed E-state index contributed by atoms with van der Waals surface area (Å²) in [7, 11) is 0. The summed E-state index contributed by atoms with van der Waals surface area (Å²) in [4.78, 5) is 0. The van der Waals surface area contributed by atoms with Crippen LogP contribution in [0.4, 0.5) is 0 Å². The standard InChI is InChI=1S/C18H25NO/c1-3-5-7-15-9-11-16(12-10-15)18(19-13-4-2)17-8-6-14-20-17/h6,8-12,14,18-19H,3-5,7,13H2,1-2H3. The van der Waals surface area contributed by atoms with Crippen LogP contribution in [0, 0.1) is 0 Å². The zero-order valence-electron chi connectivity index (χ0n) is 12.6. The second kappa shape index (κ2) is 7.91. The molecule has 0 bridgehead atoms. The smallest absolute Gasteiger partial charge is 0.125 e. The Labute approximate surface area is 122 Å². The predicted octanol–water partition coefficient (Wildman–Crippen LogP) is 4.71.